The topological polar surface area (TPSA) is 90.2 Å². The molecule has 1 aromatic heterocycles. The minimum atomic E-state index is -0.902. The van der Waals surface area contributed by atoms with E-state index in [0.717, 1.165) is 25.7 Å². The summed E-state index contributed by atoms with van der Waals surface area (Å²) in [6.45, 7) is 5.23. The number of carbonyl (C=O) groups is 2. The third kappa shape index (κ3) is 6.36. The molecule has 2 heterocycles. The molecule has 1 N–H and O–H groups in total. The van der Waals surface area contributed by atoms with Crippen molar-refractivity contribution in [3.63, 3.8) is 0 Å². The monoisotopic (exact) mass is 484 g/mol. The molecular weight excluding hydrogens is 448 g/mol. The molecule has 0 spiro atoms. The number of nitrogens with zero attached hydrogens (tertiary/aromatic N) is 1. The second-order valence-electron chi connectivity index (χ2n) is 9.14. The Labute approximate surface area is 206 Å². The van der Waals surface area contributed by atoms with Crippen molar-refractivity contribution in [2.45, 2.75) is 70.6 Å². The Bertz CT molecular complexity index is 984. The second kappa shape index (κ2) is 12.1. The first kappa shape index (κ1) is 25.1. The highest BCUT2D eigenvalue weighted by Crippen LogP contribution is 2.33. The van der Waals surface area contributed by atoms with Crippen molar-refractivity contribution in [2.24, 2.45) is 0 Å². The smallest absolute Gasteiger partial charge is 0.268 e. The number of ether oxygens (including phenoxy) is 3. The summed E-state index contributed by atoms with van der Waals surface area (Å²) in [6.07, 6.45) is 5.00. The molecule has 2 aliphatic rings. The number of rotatable bonds is 10. The standard InChI is InChI=1S/C27H36N2O6/c1-3-32-17-9-16-29(27(31)24-18-33-21-12-7-8-13-22(21)35-24)25(23-15-14-19(2)34-23)26(30)28-20-10-5-4-6-11-20/h7-8,12-15,20,24-25H,3-6,9-11,16-18H2,1-2H3,(H,28,30). The molecule has 0 bridgehead atoms. The van der Waals surface area contributed by atoms with Crippen LogP contribution in [-0.2, 0) is 14.3 Å². The van der Waals surface area contributed by atoms with Crippen LogP contribution in [0.5, 0.6) is 11.5 Å². The highest BCUT2D eigenvalue weighted by Gasteiger charge is 2.39. The number of fused-ring (bicyclic) bond motifs is 1. The van der Waals surface area contributed by atoms with E-state index in [4.69, 9.17) is 18.6 Å². The van der Waals surface area contributed by atoms with Gasteiger partial charge >= 0.3 is 0 Å². The van der Waals surface area contributed by atoms with Gasteiger partial charge in [0.1, 0.15) is 18.1 Å². The number of furan rings is 1. The number of benzene rings is 1. The van der Waals surface area contributed by atoms with E-state index in [1.807, 2.05) is 38.1 Å². The van der Waals surface area contributed by atoms with E-state index in [-0.39, 0.29) is 24.5 Å². The first-order valence-corrected chi connectivity index (χ1v) is 12.7. The maximum absolute atomic E-state index is 13.8. The minimum absolute atomic E-state index is 0.0754. The average molecular weight is 485 g/mol. The molecule has 2 atom stereocenters. The fourth-order valence-corrected chi connectivity index (χ4v) is 4.73. The van der Waals surface area contributed by atoms with E-state index in [0.29, 0.717) is 49.2 Å². The third-order valence-corrected chi connectivity index (χ3v) is 6.50. The van der Waals surface area contributed by atoms with Gasteiger partial charge in [-0.3, -0.25) is 9.59 Å². The van der Waals surface area contributed by atoms with Gasteiger partial charge in [-0.2, -0.15) is 0 Å². The average Bonchev–Trinajstić information content (AvgIpc) is 3.31. The SMILES string of the molecule is CCOCCCN(C(=O)C1COc2ccccc2O1)C(C(=O)NC1CCCCC1)c1ccc(C)o1. The van der Waals surface area contributed by atoms with Gasteiger partial charge in [-0.15, -0.1) is 0 Å². The third-order valence-electron chi connectivity index (χ3n) is 6.50. The van der Waals surface area contributed by atoms with Gasteiger partial charge in [-0.1, -0.05) is 31.4 Å². The predicted molar refractivity (Wildman–Crippen MR) is 130 cm³/mol. The van der Waals surface area contributed by atoms with Crippen LogP contribution in [0.4, 0.5) is 0 Å². The molecule has 1 saturated carbocycles. The van der Waals surface area contributed by atoms with E-state index in [2.05, 4.69) is 5.32 Å². The normalized spacial score (nSPS) is 18.6. The first-order chi connectivity index (χ1) is 17.1. The van der Waals surface area contributed by atoms with Crippen LogP contribution in [0.25, 0.3) is 0 Å². The molecule has 1 aromatic carbocycles. The van der Waals surface area contributed by atoms with Gasteiger partial charge in [0, 0.05) is 25.8 Å². The number of para-hydroxylation sites is 2. The van der Waals surface area contributed by atoms with Crippen LogP contribution in [-0.4, -0.2) is 55.2 Å². The lowest BCUT2D eigenvalue weighted by Crippen LogP contribution is -2.52. The maximum atomic E-state index is 13.8. The van der Waals surface area contributed by atoms with Crippen molar-refractivity contribution in [1.82, 2.24) is 10.2 Å². The summed E-state index contributed by atoms with van der Waals surface area (Å²) in [6, 6.07) is 10.1. The number of hydrogen-bond acceptors (Lipinski definition) is 6. The number of amides is 2. The summed E-state index contributed by atoms with van der Waals surface area (Å²) >= 11 is 0. The molecule has 4 rings (SSSR count). The fourth-order valence-electron chi connectivity index (χ4n) is 4.73. The van der Waals surface area contributed by atoms with Crippen molar-refractivity contribution in [3.05, 3.63) is 47.9 Å². The van der Waals surface area contributed by atoms with E-state index in [1.54, 1.807) is 17.0 Å². The van der Waals surface area contributed by atoms with Gasteiger partial charge < -0.3 is 28.8 Å². The van der Waals surface area contributed by atoms with Crippen LogP contribution >= 0.6 is 0 Å². The molecule has 1 fully saturated rings. The van der Waals surface area contributed by atoms with Crippen LogP contribution in [0.2, 0.25) is 0 Å². The molecule has 8 nitrogen and oxygen atoms in total. The van der Waals surface area contributed by atoms with Gasteiger partial charge in [0.05, 0.1) is 0 Å². The number of carbonyl (C=O) groups excluding carboxylic acids is 2. The molecule has 1 aliphatic carbocycles. The summed E-state index contributed by atoms with van der Waals surface area (Å²) in [4.78, 5) is 29.1. The molecule has 35 heavy (non-hydrogen) atoms. The van der Waals surface area contributed by atoms with E-state index >= 15 is 0 Å². The zero-order valence-electron chi connectivity index (χ0n) is 20.7. The van der Waals surface area contributed by atoms with Gasteiger partial charge in [0.25, 0.3) is 11.8 Å². The molecule has 2 amide bonds. The first-order valence-electron chi connectivity index (χ1n) is 12.7. The minimum Gasteiger partial charge on any atom is -0.485 e. The summed E-state index contributed by atoms with van der Waals surface area (Å²) in [5.74, 6) is 1.71. The van der Waals surface area contributed by atoms with Gasteiger partial charge in [-0.05, 0) is 57.4 Å². The Morgan fingerprint density at radius 3 is 2.60 bits per heavy atom. The number of aryl methyl sites for hydroxylation is 1. The number of hydrogen-bond donors (Lipinski definition) is 1. The lowest BCUT2D eigenvalue weighted by atomic mass is 9.95. The highest BCUT2D eigenvalue weighted by molar-refractivity contribution is 5.90. The summed E-state index contributed by atoms with van der Waals surface area (Å²) < 4.78 is 23.2. The molecule has 0 saturated heterocycles. The summed E-state index contributed by atoms with van der Waals surface area (Å²) in [5.41, 5.74) is 0. The van der Waals surface area contributed by atoms with Crippen molar-refractivity contribution >= 4 is 11.8 Å². The molecular formula is C27H36N2O6. The Hall–Kier alpha value is -3.00. The van der Waals surface area contributed by atoms with Crippen LogP contribution in [0.15, 0.2) is 40.8 Å². The van der Waals surface area contributed by atoms with E-state index in [1.165, 1.54) is 6.42 Å². The van der Waals surface area contributed by atoms with Gasteiger partial charge in [0.2, 0.25) is 6.10 Å². The van der Waals surface area contributed by atoms with Crippen LogP contribution < -0.4 is 14.8 Å². The second-order valence-corrected chi connectivity index (χ2v) is 9.14. The Kier molecular flexibility index (Phi) is 8.69. The van der Waals surface area contributed by atoms with Crippen molar-refractivity contribution < 1.29 is 28.2 Å². The quantitative estimate of drug-likeness (QED) is 0.509. The zero-order chi connectivity index (χ0) is 24.6. The summed E-state index contributed by atoms with van der Waals surface area (Å²) in [7, 11) is 0. The van der Waals surface area contributed by atoms with Crippen LogP contribution in [0.3, 0.4) is 0 Å². The van der Waals surface area contributed by atoms with Crippen LogP contribution in [0.1, 0.15) is 63.0 Å². The molecule has 8 heteroatoms. The Morgan fingerprint density at radius 1 is 1.11 bits per heavy atom. The van der Waals surface area contributed by atoms with E-state index in [9.17, 15) is 9.59 Å². The number of nitrogens with one attached hydrogen (secondary N) is 1. The molecule has 2 aromatic rings. The molecule has 1 aliphatic heterocycles. The fraction of sp³-hybridized carbons (Fsp3) is 0.556. The largest absolute Gasteiger partial charge is 0.485 e. The Morgan fingerprint density at radius 2 is 1.89 bits per heavy atom. The summed E-state index contributed by atoms with van der Waals surface area (Å²) in [5, 5.41) is 3.19. The van der Waals surface area contributed by atoms with Gasteiger partial charge in [-0.25, -0.2) is 0 Å². The van der Waals surface area contributed by atoms with Gasteiger partial charge in [0.15, 0.2) is 17.5 Å². The highest BCUT2D eigenvalue weighted by atomic mass is 16.6. The van der Waals surface area contributed by atoms with Crippen LogP contribution in [0, 0.1) is 6.92 Å². The lowest BCUT2D eigenvalue weighted by Gasteiger charge is -2.35. The van der Waals surface area contributed by atoms with Crippen molar-refractivity contribution in [3.8, 4) is 11.5 Å². The molecule has 0 radical (unpaired) electrons. The molecule has 2 unspecified atom stereocenters. The zero-order valence-corrected chi connectivity index (χ0v) is 20.7. The lowest BCUT2D eigenvalue weighted by molar-refractivity contribution is -0.149. The van der Waals surface area contributed by atoms with Crippen molar-refractivity contribution in [1.29, 1.82) is 0 Å². The van der Waals surface area contributed by atoms with Crippen molar-refractivity contribution in [2.75, 3.05) is 26.4 Å². The predicted octanol–water partition coefficient (Wildman–Crippen LogP) is 4.17. The Balaban J connectivity index is 1.59. The van der Waals surface area contributed by atoms with E-state index < -0.39 is 12.1 Å². The molecule has 190 valence electrons. The maximum Gasteiger partial charge on any atom is 0.268 e.